The minimum Gasteiger partial charge on any atom is -0.494 e. The summed E-state index contributed by atoms with van der Waals surface area (Å²) < 4.78 is 7.40. The van der Waals surface area contributed by atoms with Gasteiger partial charge in [-0.3, -0.25) is 0 Å². The lowest BCUT2D eigenvalue weighted by Gasteiger charge is -2.08. The molecule has 3 rings (SSSR count). The lowest BCUT2D eigenvalue weighted by Crippen LogP contribution is -2.17. The van der Waals surface area contributed by atoms with E-state index >= 15 is 0 Å². The van der Waals surface area contributed by atoms with Crippen molar-refractivity contribution in [1.29, 1.82) is 0 Å². The first-order valence-electron chi connectivity index (χ1n) is 7.36. The number of para-hydroxylation sites is 2. The van der Waals surface area contributed by atoms with Crippen molar-refractivity contribution in [1.82, 2.24) is 4.57 Å². The molecule has 0 aliphatic carbocycles. The van der Waals surface area contributed by atoms with Gasteiger partial charge in [-0.15, -0.1) is 11.3 Å². The zero-order valence-electron chi connectivity index (χ0n) is 12.8. The van der Waals surface area contributed by atoms with Crippen LogP contribution in [-0.2, 0) is 6.54 Å². The van der Waals surface area contributed by atoms with Crippen LogP contribution in [-0.4, -0.2) is 23.4 Å². The lowest BCUT2D eigenvalue weighted by atomic mass is 10.2. The summed E-state index contributed by atoms with van der Waals surface area (Å²) in [6.07, 6.45) is 0. The van der Waals surface area contributed by atoms with Crippen molar-refractivity contribution in [2.75, 3.05) is 13.7 Å². The highest BCUT2D eigenvalue weighted by atomic mass is 32.1. The van der Waals surface area contributed by atoms with Crippen LogP contribution in [0.4, 0.5) is 5.69 Å². The molecule has 0 fully saturated rings. The number of benzene rings is 2. The van der Waals surface area contributed by atoms with Crippen molar-refractivity contribution in [3.63, 3.8) is 0 Å². The molecular weight excluding hydrogens is 308 g/mol. The van der Waals surface area contributed by atoms with Gasteiger partial charge >= 0.3 is 0 Å². The standard InChI is InChI=1S/C18H18N2O2S/c1-22-17-10-6-5-9-15(17)19-18-20(11-12-21)16(13-23-18)14-7-3-2-4-8-14/h2-10,13,21H,11-12H2,1H3. The van der Waals surface area contributed by atoms with Gasteiger partial charge in [0.1, 0.15) is 11.4 Å². The van der Waals surface area contributed by atoms with Gasteiger partial charge in [-0.1, -0.05) is 42.5 Å². The van der Waals surface area contributed by atoms with Crippen LogP contribution in [0, 0.1) is 0 Å². The molecule has 0 radical (unpaired) electrons. The van der Waals surface area contributed by atoms with Gasteiger partial charge in [0.25, 0.3) is 0 Å². The third kappa shape index (κ3) is 3.36. The van der Waals surface area contributed by atoms with Gasteiger partial charge in [0.05, 0.1) is 19.4 Å². The molecule has 0 bridgehead atoms. The summed E-state index contributed by atoms with van der Waals surface area (Å²) in [5, 5.41) is 11.5. The van der Waals surface area contributed by atoms with E-state index in [2.05, 4.69) is 17.5 Å². The largest absolute Gasteiger partial charge is 0.494 e. The molecule has 0 saturated heterocycles. The smallest absolute Gasteiger partial charge is 0.190 e. The van der Waals surface area contributed by atoms with E-state index in [1.807, 2.05) is 47.0 Å². The Bertz CT molecular complexity index is 837. The molecular formula is C18H18N2O2S. The lowest BCUT2D eigenvalue weighted by molar-refractivity contribution is 0.275. The van der Waals surface area contributed by atoms with Gasteiger partial charge in [0, 0.05) is 11.9 Å². The molecule has 23 heavy (non-hydrogen) atoms. The highest BCUT2D eigenvalue weighted by molar-refractivity contribution is 7.07. The van der Waals surface area contributed by atoms with Gasteiger partial charge in [-0.2, -0.15) is 0 Å². The van der Waals surface area contributed by atoms with Crippen LogP contribution >= 0.6 is 11.3 Å². The summed E-state index contributed by atoms with van der Waals surface area (Å²) in [6.45, 7) is 0.567. The molecule has 0 atom stereocenters. The Labute approximate surface area is 139 Å². The summed E-state index contributed by atoms with van der Waals surface area (Å²) in [5.41, 5.74) is 2.94. The molecule has 4 nitrogen and oxygen atoms in total. The zero-order chi connectivity index (χ0) is 16.1. The van der Waals surface area contributed by atoms with E-state index in [4.69, 9.17) is 9.73 Å². The fourth-order valence-electron chi connectivity index (χ4n) is 2.40. The summed E-state index contributed by atoms with van der Waals surface area (Å²) in [5.74, 6) is 0.734. The predicted octanol–water partition coefficient (Wildman–Crippen LogP) is 3.45. The Hall–Kier alpha value is -2.37. The average molecular weight is 326 g/mol. The maximum Gasteiger partial charge on any atom is 0.190 e. The first kappa shape index (κ1) is 15.5. The number of aliphatic hydroxyl groups is 1. The van der Waals surface area contributed by atoms with Gasteiger partial charge in [0.2, 0.25) is 0 Å². The summed E-state index contributed by atoms with van der Waals surface area (Å²) >= 11 is 1.55. The van der Waals surface area contributed by atoms with Crippen LogP contribution in [0.15, 0.2) is 65.0 Å². The molecule has 2 aromatic carbocycles. The number of hydrogen-bond donors (Lipinski definition) is 1. The molecule has 0 aliphatic heterocycles. The first-order valence-corrected chi connectivity index (χ1v) is 8.24. The Morgan fingerprint density at radius 2 is 1.83 bits per heavy atom. The zero-order valence-corrected chi connectivity index (χ0v) is 13.7. The van der Waals surface area contributed by atoms with E-state index in [-0.39, 0.29) is 6.61 Å². The van der Waals surface area contributed by atoms with Crippen LogP contribution in [0.25, 0.3) is 11.3 Å². The van der Waals surface area contributed by atoms with E-state index in [0.717, 1.165) is 27.5 Å². The van der Waals surface area contributed by atoms with E-state index in [1.54, 1.807) is 18.4 Å². The summed E-state index contributed by atoms with van der Waals surface area (Å²) in [6, 6.07) is 17.8. The van der Waals surface area contributed by atoms with Gasteiger partial charge in [-0.05, 0) is 17.7 Å². The monoisotopic (exact) mass is 326 g/mol. The van der Waals surface area contributed by atoms with Crippen LogP contribution in [0.5, 0.6) is 5.75 Å². The highest BCUT2D eigenvalue weighted by Gasteiger charge is 2.08. The average Bonchev–Trinajstić information content (AvgIpc) is 2.99. The van der Waals surface area contributed by atoms with Crippen molar-refractivity contribution < 1.29 is 9.84 Å². The highest BCUT2D eigenvalue weighted by Crippen LogP contribution is 2.26. The second kappa shape index (κ2) is 7.26. The molecule has 0 unspecified atom stereocenters. The molecule has 5 heteroatoms. The Morgan fingerprint density at radius 1 is 1.09 bits per heavy atom. The van der Waals surface area contributed by atoms with E-state index < -0.39 is 0 Å². The Morgan fingerprint density at radius 3 is 2.57 bits per heavy atom. The SMILES string of the molecule is COc1ccccc1N=c1scc(-c2ccccc2)n1CCO. The van der Waals surface area contributed by atoms with Crippen LogP contribution in [0.1, 0.15) is 0 Å². The normalized spacial score (nSPS) is 11.7. The molecule has 0 saturated carbocycles. The third-order valence-corrected chi connectivity index (χ3v) is 4.36. The molecule has 1 N–H and O–H groups in total. The summed E-state index contributed by atoms with van der Waals surface area (Å²) in [4.78, 5) is 5.56. The minimum absolute atomic E-state index is 0.0652. The molecule has 3 aromatic rings. The topological polar surface area (TPSA) is 46.8 Å². The minimum atomic E-state index is 0.0652. The second-order valence-corrected chi connectivity index (χ2v) is 5.76. The number of aliphatic hydroxyl groups excluding tert-OH is 1. The Balaban J connectivity index is 2.13. The Kier molecular flexibility index (Phi) is 4.90. The van der Waals surface area contributed by atoms with Crippen molar-refractivity contribution in [2.24, 2.45) is 4.99 Å². The number of hydrogen-bond acceptors (Lipinski definition) is 4. The molecule has 0 amide bonds. The molecule has 0 aliphatic rings. The molecule has 0 spiro atoms. The summed E-state index contributed by atoms with van der Waals surface area (Å²) in [7, 11) is 1.64. The van der Waals surface area contributed by atoms with Gasteiger partial charge < -0.3 is 14.4 Å². The van der Waals surface area contributed by atoms with Gasteiger partial charge in [-0.25, -0.2) is 4.99 Å². The van der Waals surface area contributed by atoms with Crippen LogP contribution < -0.4 is 9.54 Å². The fraction of sp³-hybridized carbons (Fsp3) is 0.167. The number of methoxy groups -OCH3 is 1. The number of aromatic nitrogens is 1. The van der Waals surface area contributed by atoms with E-state index in [1.165, 1.54) is 0 Å². The van der Waals surface area contributed by atoms with Crippen molar-refractivity contribution in [3.05, 3.63) is 64.8 Å². The van der Waals surface area contributed by atoms with E-state index in [9.17, 15) is 5.11 Å². The predicted molar refractivity (Wildman–Crippen MR) is 93.0 cm³/mol. The third-order valence-electron chi connectivity index (χ3n) is 3.49. The first-order chi connectivity index (χ1) is 11.3. The van der Waals surface area contributed by atoms with Crippen molar-refractivity contribution >= 4 is 17.0 Å². The van der Waals surface area contributed by atoms with Gasteiger partial charge in [0.15, 0.2) is 4.80 Å². The van der Waals surface area contributed by atoms with Crippen molar-refractivity contribution in [3.8, 4) is 17.0 Å². The van der Waals surface area contributed by atoms with E-state index in [0.29, 0.717) is 6.54 Å². The fourth-order valence-corrected chi connectivity index (χ4v) is 3.35. The molecule has 1 heterocycles. The number of nitrogens with zero attached hydrogens (tertiary/aromatic N) is 2. The number of ether oxygens (including phenoxy) is 1. The van der Waals surface area contributed by atoms with Crippen LogP contribution in [0.2, 0.25) is 0 Å². The maximum absolute atomic E-state index is 9.42. The second-order valence-electron chi connectivity index (χ2n) is 4.93. The van der Waals surface area contributed by atoms with Crippen molar-refractivity contribution in [2.45, 2.75) is 6.54 Å². The maximum atomic E-state index is 9.42. The van der Waals surface area contributed by atoms with Crippen LogP contribution in [0.3, 0.4) is 0 Å². The number of thiazole rings is 1. The quantitative estimate of drug-likeness (QED) is 0.780. The molecule has 1 aromatic heterocycles. The molecule has 118 valence electrons. The number of rotatable bonds is 5.